The molecule has 0 bridgehead atoms. The molecule has 2 amide bonds. The van der Waals surface area contributed by atoms with E-state index < -0.39 is 0 Å². The molecular weight excluding hydrogens is 240 g/mol. The van der Waals surface area contributed by atoms with Crippen LogP contribution in [-0.4, -0.2) is 35.8 Å². The molecule has 1 unspecified atom stereocenters. The molecule has 19 heavy (non-hydrogen) atoms. The Morgan fingerprint density at radius 2 is 2.16 bits per heavy atom. The second-order valence-electron chi connectivity index (χ2n) is 4.93. The number of hydrogen-bond acceptors (Lipinski definition) is 3. The van der Waals surface area contributed by atoms with Crippen molar-refractivity contribution in [1.82, 2.24) is 10.2 Å². The van der Waals surface area contributed by atoms with Gasteiger partial charge in [-0.25, -0.2) is 0 Å². The van der Waals surface area contributed by atoms with E-state index in [1.54, 1.807) is 0 Å². The van der Waals surface area contributed by atoms with E-state index in [0.29, 0.717) is 19.5 Å². The lowest BCUT2D eigenvalue weighted by atomic mass is 10.1. The summed E-state index contributed by atoms with van der Waals surface area (Å²) in [6, 6.07) is 7.98. The molecule has 2 rings (SSSR count). The average molecular weight is 260 g/mol. The smallest absolute Gasteiger partial charge is 0.246 e. The normalized spacial score (nSPS) is 19.3. The second kappa shape index (κ2) is 5.97. The highest BCUT2D eigenvalue weighted by Gasteiger charge is 2.36. The Bertz CT molecular complexity index is 485. The number of nitrogens with zero attached hydrogens (tertiary/aromatic N) is 1. The first-order valence-electron chi connectivity index (χ1n) is 6.75. The molecule has 0 aromatic heterocycles. The van der Waals surface area contributed by atoms with Gasteiger partial charge < -0.3 is 5.32 Å². The van der Waals surface area contributed by atoms with Gasteiger partial charge in [0.15, 0.2) is 0 Å². The van der Waals surface area contributed by atoms with Crippen molar-refractivity contribution >= 4 is 11.8 Å². The van der Waals surface area contributed by atoms with Gasteiger partial charge in [-0.15, -0.1) is 0 Å². The fourth-order valence-electron chi connectivity index (χ4n) is 2.43. The molecule has 4 heteroatoms. The van der Waals surface area contributed by atoms with Crippen molar-refractivity contribution < 1.29 is 9.59 Å². The molecule has 4 nitrogen and oxygen atoms in total. The quantitative estimate of drug-likeness (QED) is 0.811. The standard InChI is InChI=1S/C15H20N2O2/c1-3-17-14(18)10-13(15(17)19)16-8-7-12-6-4-5-11(2)9-12/h4-6,9,13,16H,3,7-8,10H2,1-2H3. The highest BCUT2D eigenvalue weighted by atomic mass is 16.2. The predicted octanol–water partition coefficient (Wildman–Crippen LogP) is 1.27. The fraction of sp³-hybridized carbons (Fsp3) is 0.467. The van der Waals surface area contributed by atoms with E-state index in [1.807, 2.05) is 13.0 Å². The summed E-state index contributed by atoms with van der Waals surface area (Å²) in [5, 5.41) is 3.18. The van der Waals surface area contributed by atoms with Crippen molar-refractivity contribution in [2.24, 2.45) is 0 Å². The number of hydrogen-bond donors (Lipinski definition) is 1. The van der Waals surface area contributed by atoms with Crippen LogP contribution in [0.15, 0.2) is 24.3 Å². The Kier molecular flexibility index (Phi) is 4.32. The number of imide groups is 1. The molecule has 1 heterocycles. The van der Waals surface area contributed by atoms with Crippen LogP contribution < -0.4 is 5.32 Å². The van der Waals surface area contributed by atoms with Crippen molar-refractivity contribution in [3.05, 3.63) is 35.4 Å². The Balaban J connectivity index is 1.84. The van der Waals surface area contributed by atoms with E-state index in [0.717, 1.165) is 6.42 Å². The SMILES string of the molecule is CCN1C(=O)CC(NCCc2cccc(C)c2)C1=O. The first-order valence-corrected chi connectivity index (χ1v) is 6.75. The van der Waals surface area contributed by atoms with Gasteiger partial charge in [0, 0.05) is 6.54 Å². The number of likely N-dealkylation sites (N-methyl/N-ethyl adjacent to an activating group) is 1. The summed E-state index contributed by atoms with van der Waals surface area (Å²) in [6.07, 6.45) is 1.16. The van der Waals surface area contributed by atoms with Crippen molar-refractivity contribution in [2.45, 2.75) is 32.7 Å². The number of aryl methyl sites for hydroxylation is 1. The van der Waals surface area contributed by atoms with Gasteiger partial charge in [0.1, 0.15) is 0 Å². The minimum Gasteiger partial charge on any atom is -0.305 e. The van der Waals surface area contributed by atoms with Crippen molar-refractivity contribution in [3.63, 3.8) is 0 Å². The number of amides is 2. The maximum atomic E-state index is 11.9. The second-order valence-corrected chi connectivity index (χ2v) is 4.93. The lowest BCUT2D eigenvalue weighted by molar-refractivity contribution is -0.138. The van der Waals surface area contributed by atoms with Crippen LogP contribution in [0.5, 0.6) is 0 Å². The Morgan fingerprint density at radius 1 is 1.37 bits per heavy atom. The Labute approximate surface area is 113 Å². The zero-order valence-corrected chi connectivity index (χ0v) is 11.5. The minimum absolute atomic E-state index is 0.0689. The molecule has 1 atom stereocenters. The van der Waals surface area contributed by atoms with E-state index in [-0.39, 0.29) is 17.9 Å². The van der Waals surface area contributed by atoms with Crippen LogP contribution in [0, 0.1) is 6.92 Å². The number of nitrogens with one attached hydrogen (secondary N) is 1. The predicted molar refractivity (Wildman–Crippen MR) is 73.7 cm³/mol. The van der Waals surface area contributed by atoms with Gasteiger partial charge in [0.25, 0.3) is 0 Å². The molecule has 102 valence electrons. The van der Waals surface area contributed by atoms with E-state index in [1.165, 1.54) is 16.0 Å². The van der Waals surface area contributed by atoms with Crippen LogP contribution in [-0.2, 0) is 16.0 Å². The summed E-state index contributed by atoms with van der Waals surface area (Å²) >= 11 is 0. The van der Waals surface area contributed by atoms with Crippen LogP contribution in [0.25, 0.3) is 0 Å². The maximum Gasteiger partial charge on any atom is 0.246 e. The highest BCUT2D eigenvalue weighted by molar-refractivity contribution is 6.05. The van der Waals surface area contributed by atoms with Gasteiger partial charge in [-0.1, -0.05) is 29.8 Å². The number of likely N-dealkylation sites (tertiary alicyclic amines) is 1. The molecule has 1 N–H and O–H groups in total. The summed E-state index contributed by atoms with van der Waals surface area (Å²) < 4.78 is 0. The third kappa shape index (κ3) is 3.20. The third-order valence-electron chi connectivity index (χ3n) is 3.45. The minimum atomic E-state index is -0.336. The first kappa shape index (κ1) is 13.7. The largest absolute Gasteiger partial charge is 0.305 e. The number of carbonyl (C=O) groups is 2. The molecule has 0 aliphatic carbocycles. The van der Waals surface area contributed by atoms with Gasteiger partial charge in [0.2, 0.25) is 11.8 Å². The van der Waals surface area contributed by atoms with Crippen molar-refractivity contribution in [2.75, 3.05) is 13.1 Å². The van der Waals surface area contributed by atoms with Crippen molar-refractivity contribution in [1.29, 1.82) is 0 Å². The number of benzene rings is 1. The van der Waals surface area contributed by atoms with Crippen LogP contribution in [0.3, 0.4) is 0 Å². The van der Waals surface area contributed by atoms with Crippen LogP contribution >= 0.6 is 0 Å². The van der Waals surface area contributed by atoms with E-state index >= 15 is 0 Å². The van der Waals surface area contributed by atoms with Gasteiger partial charge in [-0.05, 0) is 32.4 Å². The van der Waals surface area contributed by atoms with Crippen LogP contribution in [0.4, 0.5) is 0 Å². The fourth-order valence-corrected chi connectivity index (χ4v) is 2.43. The average Bonchev–Trinajstić information content (AvgIpc) is 2.64. The number of carbonyl (C=O) groups excluding carboxylic acids is 2. The van der Waals surface area contributed by atoms with Gasteiger partial charge in [0.05, 0.1) is 12.5 Å². The zero-order chi connectivity index (χ0) is 13.8. The van der Waals surface area contributed by atoms with E-state index in [2.05, 4.69) is 30.4 Å². The molecule has 0 spiro atoms. The van der Waals surface area contributed by atoms with Crippen molar-refractivity contribution in [3.8, 4) is 0 Å². The van der Waals surface area contributed by atoms with E-state index in [4.69, 9.17) is 0 Å². The van der Waals surface area contributed by atoms with Gasteiger partial charge in [-0.3, -0.25) is 14.5 Å². The molecule has 1 aliphatic rings. The monoisotopic (exact) mass is 260 g/mol. The van der Waals surface area contributed by atoms with Crippen LogP contribution in [0.1, 0.15) is 24.5 Å². The Hall–Kier alpha value is -1.68. The molecule has 1 aromatic carbocycles. The molecule has 0 saturated carbocycles. The third-order valence-corrected chi connectivity index (χ3v) is 3.45. The summed E-state index contributed by atoms with van der Waals surface area (Å²) in [4.78, 5) is 24.8. The summed E-state index contributed by atoms with van der Waals surface area (Å²) in [5.41, 5.74) is 2.48. The highest BCUT2D eigenvalue weighted by Crippen LogP contribution is 2.12. The molecule has 1 saturated heterocycles. The Morgan fingerprint density at radius 3 is 2.79 bits per heavy atom. The molecular formula is C15H20N2O2. The number of rotatable bonds is 5. The molecule has 1 fully saturated rings. The summed E-state index contributed by atoms with van der Waals surface area (Å²) in [7, 11) is 0. The lowest BCUT2D eigenvalue weighted by Crippen LogP contribution is -2.39. The van der Waals surface area contributed by atoms with E-state index in [9.17, 15) is 9.59 Å². The van der Waals surface area contributed by atoms with Gasteiger partial charge in [-0.2, -0.15) is 0 Å². The summed E-state index contributed by atoms with van der Waals surface area (Å²) in [6.45, 7) is 5.07. The zero-order valence-electron chi connectivity index (χ0n) is 11.5. The topological polar surface area (TPSA) is 49.4 Å². The molecule has 1 aromatic rings. The van der Waals surface area contributed by atoms with Gasteiger partial charge >= 0.3 is 0 Å². The lowest BCUT2D eigenvalue weighted by Gasteiger charge is -2.13. The summed E-state index contributed by atoms with van der Waals surface area (Å²) in [5.74, 6) is -0.155. The van der Waals surface area contributed by atoms with Crippen LogP contribution in [0.2, 0.25) is 0 Å². The first-order chi connectivity index (χ1) is 9.11. The maximum absolute atomic E-state index is 11.9. The molecule has 0 radical (unpaired) electrons. The molecule has 1 aliphatic heterocycles.